The molecule has 0 aliphatic rings. The average Bonchev–Trinajstić information content (AvgIpc) is 2.95. The predicted molar refractivity (Wildman–Crippen MR) is 159 cm³/mol. The van der Waals surface area contributed by atoms with Crippen LogP contribution in [0.4, 0.5) is 0 Å². The van der Waals surface area contributed by atoms with E-state index in [2.05, 4.69) is 16.0 Å². The van der Waals surface area contributed by atoms with Gasteiger partial charge < -0.3 is 31.3 Å². The van der Waals surface area contributed by atoms with Crippen LogP contribution in [0.1, 0.15) is 16.7 Å². The van der Waals surface area contributed by atoms with Gasteiger partial charge in [-0.1, -0.05) is 18.2 Å². The van der Waals surface area contributed by atoms with Crippen molar-refractivity contribution in [1.82, 2.24) is 20.9 Å². The molecule has 16 nitrogen and oxygen atoms in total. The van der Waals surface area contributed by atoms with Crippen molar-refractivity contribution in [2.45, 2.75) is 34.3 Å². The van der Waals surface area contributed by atoms with Crippen LogP contribution in [0.15, 0.2) is 69.3 Å². The minimum Gasteiger partial charge on any atom is -0.872 e. The normalized spacial score (nSPS) is 12.5. The first-order valence-electron chi connectivity index (χ1n) is 13.6. The van der Waals surface area contributed by atoms with Crippen molar-refractivity contribution in [3.8, 4) is 17.2 Å². The van der Waals surface area contributed by atoms with Gasteiger partial charge in [0.2, 0.25) is 0 Å². The first-order chi connectivity index (χ1) is 21.4. The van der Waals surface area contributed by atoms with Crippen LogP contribution in [0.25, 0.3) is 0 Å². The molecule has 0 heterocycles. The van der Waals surface area contributed by atoms with Gasteiger partial charge in [-0.05, 0) is 53.1 Å². The van der Waals surface area contributed by atoms with Gasteiger partial charge in [-0.3, -0.25) is 18.6 Å². The van der Waals surface area contributed by atoms with E-state index in [4.69, 9.17) is 0 Å². The van der Waals surface area contributed by atoms with E-state index < -0.39 is 62.3 Å². The first-order valence-corrected chi connectivity index (χ1v) is 17.9. The van der Waals surface area contributed by atoms with Gasteiger partial charge >= 0.3 is 0 Å². The van der Waals surface area contributed by atoms with E-state index in [1.54, 1.807) is 0 Å². The van der Waals surface area contributed by atoms with Crippen molar-refractivity contribution in [2.75, 3.05) is 39.3 Å². The Bertz CT molecular complexity index is 1620. The van der Waals surface area contributed by atoms with E-state index in [0.29, 0.717) is 39.3 Å². The molecule has 0 amide bonds. The van der Waals surface area contributed by atoms with Gasteiger partial charge in [-0.2, -0.15) is 25.3 Å². The van der Waals surface area contributed by atoms with Crippen molar-refractivity contribution in [3.05, 3.63) is 71.3 Å². The Kier molecular flexibility index (Phi) is 12.9. The third-order valence-electron chi connectivity index (χ3n) is 6.75. The molecule has 3 aromatic rings. The summed E-state index contributed by atoms with van der Waals surface area (Å²) < 4.78 is 96.2. The van der Waals surface area contributed by atoms with Crippen molar-refractivity contribution < 1.29 is 54.2 Å². The van der Waals surface area contributed by atoms with E-state index >= 15 is 0 Å². The van der Waals surface area contributed by atoms with Crippen LogP contribution in [-0.4, -0.2) is 83.1 Å². The highest BCUT2D eigenvalue weighted by Gasteiger charge is 2.13. The average molecular weight is 702 g/mol. The van der Waals surface area contributed by atoms with Gasteiger partial charge in [0.25, 0.3) is 30.4 Å². The largest absolute Gasteiger partial charge is 0.872 e. The highest BCUT2D eigenvalue weighted by molar-refractivity contribution is 7.86. The Balaban J connectivity index is 1.59. The Labute approximate surface area is 267 Å². The molecular formula is C27H33N4O12S3-3. The van der Waals surface area contributed by atoms with Gasteiger partial charge in [-0.15, -0.1) is 17.2 Å². The summed E-state index contributed by atoms with van der Waals surface area (Å²) in [6.07, 6.45) is 0. The zero-order chi connectivity index (χ0) is 34.1. The van der Waals surface area contributed by atoms with Crippen LogP contribution >= 0.6 is 0 Å². The molecule has 254 valence electrons. The van der Waals surface area contributed by atoms with E-state index in [9.17, 15) is 54.2 Å². The maximum atomic E-state index is 12.1. The summed E-state index contributed by atoms with van der Waals surface area (Å²) in [5, 5.41) is 45.5. The minimum absolute atomic E-state index is 0.0132. The fourth-order valence-electron chi connectivity index (χ4n) is 4.28. The number of nitrogens with one attached hydrogen (secondary N) is 3. The molecule has 3 rings (SSSR count). The fourth-order valence-corrected chi connectivity index (χ4v) is 5.87. The Morgan fingerprint density at radius 3 is 1.00 bits per heavy atom. The molecule has 0 aliphatic carbocycles. The molecule has 0 atom stereocenters. The molecule has 0 aliphatic heterocycles. The van der Waals surface area contributed by atoms with E-state index in [1.165, 1.54) is 0 Å². The number of hydrogen-bond acceptors (Lipinski definition) is 13. The van der Waals surface area contributed by atoms with Crippen molar-refractivity contribution in [2.24, 2.45) is 0 Å². The number of benzene rings is 3. The lowest BCUT2D eigenvalue weighted by Gasteiger charge is -2.24. The molecule has 0 aromatic heterocycles. The lowest BCUT2D eigenvalue weighted by molar-refractivity contribution is -0.270. The predicted octanol–water partition coefficient (Wildman–Crippen LogP) is -1.38. The van der Waals surface area contributed by atoms with Crippen LogP contribution in [0.5, 0.6) is 17.2 Å². The fraction of sp³-hybridized carbons (Fsp3) is 0.333. The summed E-state index contributed by atoms with van der Waals surface area (Å²) in [6, 6.07) is 9.40. The van der Waals surface area contributed by atoms with Crippen molar-refractivity contribution in [3.63, 3.8) is 0 Å². The van der Waals surface area contributed by atoms with Crippen LogP contribution in [0, 0.1) is 0 Å². The van der Waals surface area contributed by atoms with E-state index in [0.717, 1.165) is 54.6 Å². The second-order valence-corrected chi connectivity index (χ2v) is 14.4. The summed E-state index contributed by atoms with van der Waals surface area (Å²) in [5.74, 6) is -1.26. The summed E-state index contributed by atoms with van der Waals surface area (Å²) in [5.41, 5.74) is 0.392. The lowest BCUT2D eigenvalue weighted by Crippen LogP contribution is -2.40. The molecule has 0 bridgehead atoms. The quantitative estimate of drug-likeness (QED) is 0.0659. The lowest BCUT2D eigenvalue weighted by atomic mass is 10.2. The molecule has 46 heavy (non-hydrogen) atoms. The number of nitrogens with zero attached hydrogens (tertiary/aromatic N) is 1. The van der Waals surface area contributed by atoms with Crippen LogP contribution < -0.4 is 31.3 Å². The summed E-state index contributed by atoms with van der Waals surface area (Å²) >= 11 is 0. The molecule has 0 spiro atoms. The van der Waals surface area contributed by atoms with Crippen LogP contribution in [0.3, 0.4) is 0 Å². The monoisotopic (exact) mass is 701 g/mol. The van der Waals surface area contributed by atoms with Gasteiger partial charge in [0.05, 0.1) is 14.7 Å². The number of rotatable bonds is 18. The standard InChI is InChI=1S/C27H36N4O12S3/c32-25-4-1-22(44(35,36)37)13-19(25)16-28-7-10-31(11-8-29-17-20-14-23(45(38,39)40)2-5-26(20)33)12-9-30-18-21-15-24(46(41,42)43)3-6-27(21)34/h1-6,13-15,28-30,32-34H,7-12,16-18H2,(H,35,36,37)(H,38,39,40)(H,41,42,43)/p-3. The summed E-state index contributed by atoms with van der Waals surface area (Å²) in [4.78, 5) is 0.734. The molecular weight excluding hydrogens is 669 g/mol. The molecule has 0 saturated carbocycles. The van der Waals surface area contributed by atoms with Gasteiger partial charge in [0, 0.05) is 58.9 Å². The molecule has 0 radical (unpaired) electrons. The third-order valence-corrected chi connectivity index (χ3v) is 9.30. The Morgan fingerprint density at radius 2 is 0.761 bits per heavy atom. The van der Waals surface area contributed by atoms with Gasteiger partial charge in [0.1, 0.15) is 0 Å². The van der Waals surface area contributed by atoms with E-state index in [-0.39, 0.29) is 36.3 Å². The van der Waals surface area contributed by atoms with Crippen molar-refractivity contribution in [1.29, 1.82) is 0 Å². The Hall–Kier alpha value is -3.37. The molecule has 19 heteroatoms. The van der Waals surface area contributed by atoms with Gasteiger partial charge in [0.15, 0.2) is 0 Å². The Morgan fingerprint density at radius 1 is 0.500 bits per heavy atom. The highest BCUT2D eigenvalue weighted by atomic mass is 32.2. The van der Waals surface area contributed by atoms with Crippen LogP contribution in [-0.2, 0) is 50.0 Å². The van der Waals surface area contributed by atoms with Crippen molar-refractivity contribution >= 4 is 30.4 Å². The maximum absolute atomic E-state index is 12.1. The second-order valence-electron chi connectivity index (χ2n) is 10.1. The molecule has 3 aromatic carbocycles. The number of hydrogen-bond donors (Lipinski definition) is 6. The molecule has 0 unspecified atom stereocenters. The highest BCUT2D eigenvalue weighted by Crippen LogP contribution is 2.21. The minimum atomic E-state index is -4.49. The third kappa shape index (κ3) is 11.5. The SMILES string of the molecule is O=S(=O)(O)c1ccc([O-])c(CNCCN(CCNCc2cc(S(=O)(=O)O)ccc2[O-])CCNCc2cc(S(=O)(=O)O)ccc2[O-])c1. The van der Waals surface area contributed by atoms with Crippen LogP contribution in [0.2, 0.25) is 0 Å². The van der Waals surface area contributed by atoms with Gasteiger partial charge in [-0.25, -0.2) is 0 Å². The topological polar surface area (TPSA) is 272 Å². The molecule has 0 saturated heterocycles. The molecule has 0 fully saturated rings. The zero-order valence-electron chi connectivity index (χ0n) is 24.2. The summed E-state index contributed by atoms with van der Waals surface area (Å²) in [6.45, 7) is 2.26. The maximum Gasteiger partial charge on any atom is 0.294 e. The summed E-state index contributed by atoms with van der Waals surface area (Å²) in [7, 11) is -13.5. The van der Waals surface area contributed by atoms with E-state index in [1.807, 2.05) is 4.90 Å². The first kappa shape index (κ1) is 37.1. The molecule has 6 N–H and O–H groups in total. The smallest absolute Gasteiger partial charge is 0.294 e. The second kappa shape index (κ2) is 16.0. The zero-order valence-corrected chi connectivity index (χ0v) is 26.7.